The Labute approximate surface area is 110 Å². The van der Waals surface area contributed by atoms with E-state index in [0.717, 1.165) is 64.8 Å². The van der Waals surface area contributed by atoms with Crippen LogP contribution in [0.5, 0.6) is 0 Å². The molecular weight excluding hydrogens is 228 g/mol. The zero-order valence-electron chi connectivity index (χ0n) is 11.2. The summed E-state index contributed by atoms with van der Waals surface area (Å²) < 4.78 is 5.32. The van der Waals surface area contributed by atoms with Crippen LogP contribution < -0.4 is 11.1 Å². The average molecular weight is 254 g/mol. The van der Waals surface area contributed by atoms with Crippen LogP contribution in [-0.4, -0.2) is 32.2 Å². The minimum Gasteiger partial charge on any atom is -0.381 e. The van der Waals surface area contributed by atoms with Crippen LogP contribution in [0.3, 0.4) is 0 Å². The fraction of sp³-hybridized carbons (Fsp3) is 0.929. The third-order valence-corrected chi connectivity index (χ3v) is 4.46. The lowest BCUT2D eigenvalue weighted by atomic mass is 9.81. The Morgan fingerprint density at radius 1 is 1.06 bits per heavy atom. The Bertz CT molecular complexity index is 257. The van der Waals surface area contributed by atoms with Gasteiger partial charge in [-0.15, -0.1) is 0 Å². The molecule has 0 spiro atoms. The fourth-order valence-electron chi connectivity index (χ4n) is 3.00. The first kappa shape index (κ1) is 13.8. The van der Waals surface area contributed by atoms with Crippen molar-refractivity contribution in [2.75, 3.05) is 26.3 Å². The average Bonchev–Trinajstić information content (AvgIpc) is 2.46. The van der Waals surface area contributed by atoms with Gasteiger partial charge in [0.25, 0.3) is 0 Å². The molecule has 0 atom stereocenters. The van der Waals surface area contributed by atoms with Gasteiger partial charge in [-0.3, -0.25) is 4.79 Å². The van der Waals surface area contributed by atoms with E-state index in [2.05, 4.69) is 5.32 Å². The van der Waals surface area contributed by atoms with Crippen LogP contribution in [0.15, 0.2) is 0 Å². The lowest BCUT2D eigenvalue weighted by molar-refractivity contribution is -0.126. The van der Waals surface area contributed by atoms with E-state index in [0.29, 0.717) is 11.8 Å². The van der Waals surface area contributed by atoms with Crippen molar-refractivity contribution in [1.29, 1.82) is 0 Å². The Balaban J connectivity index is 1.65. The highest BCUT2D eigenvalue weighted by atomic mass is 16.5. The number of nitrogens with two attached hydrogens (primary N) is 1. The summed E-state index contributed by atoms with van der Waals surface area (Å²) in [4.78, 5) is 12.1. The fourth-order valence-corrected chi connectivity index (χ4v) is 3.00. The third kappa shape index (κ3) is 3.95. The normalized spacial score (nSPS) is 30.1. The molecule has 0 aromatic rings. The van der Waals surface area contributed by atoms with E-state index in [4.69, 9.17) is 10.5 Å². The molecule has 0 bridgehead atoms. The Hall–Kier alpha value is -0.610. The minimum atomic E-state index is 0.229. The van der Waals surface area contributed by atoms with E-state index in [1.165, 1.54) is 0 Å². The van der Waals surface area contributed by atoms with Crippen LogP contribution in [0.25, 0.3) is 0 Å². The number of hydrogen-bond acceptors (Lipinski definition) is 3. The van der Waals surface area contributed by atoms with Crippen LogP contribution in [0.1, 0.15) is 38.5 Å². The van der Waals surface area contributed by atoms with Gasteiger partial charge in [0.05, 0.1) is 0 Å². The second-order valence-electron chi connectivity index (χ2n) is 5.75. The second-order valence-corrected chi connectivity index (χ2v) is 5.75. The highest BCUT2D eigenvalue weighted by molar-refractivity contribution is 5.78. The molecule has 18 heavy (non-hydrogen) atoms. The van der Waals surface area contributed by atoms with Crippen molar-refractivity contribution in [3.05, 3.63) is 0 Å². The van der Waals surface area contributed by atoms with Gasteiger partial charge in [-0.25, -0.2) is 0 Å². The quantitative estimate of drug-likeness (QED) is 0.794. The molecule has 0 unspecified atom stereocenters. The van der Waals surface area contributed by atoms with Crippen molar-refractivity contribution in [3.8, 4) is 0 Å². The molecule has 1 aliphatic heterocycles. The molecule has 2 fully saturated rings. The lowest BCUT2D eigenvalue weighted by Gasteiger charge is -2.28. The van der Waals surface area contributed by atoms with Crippen molar-refractivity contribution in [2.24, 2.45) is 23.5 Å². The molecule has 1 heterocycles. The van der Waals surface area contributed by atoms with Crippen LogP contribution in [0.2, 0.25) is 0 Å². The first-order chi connectivity index (χ1) is 8.79. The molecule has 1 amide bonds. The van der Waals surface area contributed by atoms with Crippen molar-refractivity contribution in [3.63, 3.8) is 0 Å². The molecule has 2 rings (SSSR count). The molecule has 1 saturated carbocycles. The maximum atomic E-state index is 12.1. The number of carbonyl (C=O) groups is 1. The van der Waals surface area contributed by atoms with E-state index in [-0.39, 0.29) is 11.8 Å². The predicted molar refractivity (Wildman–Crippen MR) is 71.1 cm³/mol. The number of carbonyl (C=O) groups excluding carboxylic acids is 1. The van der Waals surface area contributed by atoms with E-state index in [9.17, 15) is 4.79 Å². The monoisotopic (exact) mass is 254 g/mol. The highest BCUT2D eigenvalue weighted by Gasteiger charge is 2.26. The molecule has 0 aromatic heterocycles. The molecule has 0 radical (unpaired) electrons. The number of rotatable bonds is 4. The van der Waals surface area contributed by atoms with E-state index < -0.39 is 0 Å². The Kier molecular flexibility index (Phi) is 5.45. The summed E-state index contributed by atoms with van der Waals surface area (Å²) in [5.41, 5.74) is 5.67. The van der Waals surface area contributed by atoms with Crippen molar-refractivity contribution in [1.82, 2.24) is 5.32 Å². The summed E-state index contributed by atoms with van der Waals surface area (Å²) in [6.07, 6.45) is 6.43. The van der Waals surface area contributed by atoms with Gasteiger partial charge in [0.1, 0.15) is 0 Å². The summed E-state index contributed by atoms with van der Waals surface area (Å²) in [5.74, 6) is 1.75. The zero-order valence-corrected chi connectivity index (χ0v) is 11.2. The van der Waals surface area contributed by atoms with Crippen LogP contribution in [0.4, 0.5) is 0 Å². The van der Waals surface area contributed by atoms with Gasteiger partial charge in [-0.1, -0.05) is 0 Å². The molecule has 4 heteroatoms. The molecular formula is C14H26N2O2. The maximum Gasteiger partial charge on any atom is 0.223 e. The number of hydrogen-bond donors (Lipinski definition) is 2. The van der Waals surface area contributed by atoms with Gasteiger partial charge in [0.15, 0.2) is 0 Å². The molecule has 2 aliphatic rings. The van der Waals surface area contributed by atoms with Crippen LogP contribution in [0, 0.1) is 17.8 Å². The predicted octanol–water partition coefficient (Wildman–Crippen LogP) is 1.29. The summed E-state index contributed by atoms with van der Waals surface area (Å²) in [6.45, 7) is 3.31. The maximum absolute atomic E-state index is 12.1. The van der Waals surface area contributed by atoms with Gasteiger partial charge in [0, 0.05) is 25.7 Å². The first-order valence-electron chi connectivity index (χ1n) is 7.35. The minimum absolute atomic E-state index is 0.229. The molecule has 0 aromatic carbocycles. The van der Waals surface area contributed by atoms with Gasteiger partial charge in [-0.2, -0.15) is 0 Å². The topological polar surface area (TPSA) is 64.4 Å². The van der Waals surface area contributed by atoms with Crippen LogP contribution in [-0.2, 0) is 9.53 Å². The zero-order chi connectivity index (χ0) is 12.8. The standard InChI is InChI=1S/C14H26N2O2/c15-9-11-1-3-13(4-2-11)14(17)16-10-12-5-7-18-8-6-12/h11-13H,1-10,15H2,(H,16,17). The number of ether oxygens (including phenoxy) is 1. The van der Waals surface area contributed by atoms with Crippen molar-refractivity contribution in [2.45, 2.75) is 38.5 Å². The summed E-state index contributed by atoms with van der Waals surface area (Å²) in [7, 11) is 0. The van der Waals surface area contributed by atoms with E-state index >= 15 is 0 Å². The van der Waals surface area contributed by atoms with E-state index in [1.807, 2.05) is 0 Å². The molecule has 1 saturated heterocycles. The van der Waals surface area contributed by atoms with Gasteiger partial charge < -0.3 is 15.8 Å². The molecule has 104 valence electrons. The SMILES string of the molecule is NCC1CCC(C(=O)NCC2CCOCC2)CC1. The third-order valence-electron chi connectivity index (χ3n) is 4.46. The lowest BCUT2D eigenvalue weighted by Crippen LogP contribution is -2.38. The summed E-state index contributed by atoms with van der Waals surface area (Å²) in [6, 6.07) is 0. The summed E-state index contributed by atoms with van der Waals surface area (Å²) in [5, 5.41) is 3.13. The van der Waals surface area contributed by atoms with Crippen molar-refractivity contribution >= 4 is 5.91 Å². The number of nitrogens with one attached hydrogen (secondary N) is 1. The largest absolute Gasteiger partial charge is 0.381 e. The van der Waals surface area contributed by atoms with Gasteiger partial charge in [-0.05, 0) is 56.9 Å². The smallest absolute Gasteiger partial charge is 0.223 e. The van der Waals surface area contributed by atoms with Crippen LogP contribution >= 0.6 is 0 Å². The summed E-state index contributed by atoms with van der Waals surface area (Å²) >= 11 is 0. The second kappa shape index (κ2) is 7.10. The van der Waals surface area contributed by atoms with Gasteiger partial charge >= 0.3 is 0 Å². The number of amides is 1. The van der Waals surface area contributed by atoms with E-state index in [1.54, 1.807) is 0 Å². The molecule has 4 nitrogen and oxygen atoms in total. The molecule has 3 N–H and O–H groups in total. The van der Waals surface area contributed by atoms with Crippen molar-refractivity contribution < 1.29 is 9.53 Å². The van der Waals surface area contributed by atoms with Gasteiger partial charge in [0.2, 0.25) is 5.91 Å². The Morgan fingerprint density at radius 3 is 2.33 bits per heavy atom. The highest BCUT2D eigenvalue weighted by Crippen LogP contribution is 2.28. The Morgan fingerprint density at radius 2 is 1.72 bits per heavy atom. The molecule has 1 aliphatic carbocycles. The first-order valence-corrected chi connectivity index (χ1v) is 7.35.